The van der Waals surface area contributed by atoms with Crippen LogP contribution < -0.4 is 5.32 Å². The molecule has 9 heteroatoms. The van der Waals surface area contributed by atoms with E-state index in [2.05, 4.69) is 10.2 Å². The lowest BCUT2D eigenvalue weighted by Crippen LogP contribution is -2.40. The quantitative estimate of drug-likeness (QED) is 0.409. The topological polar surface area (TPSA) is 71.0 Å². The van der Waals surface area contributed by atoms with Crippen molar-refractivity contribution in [2.75, 3.05) is 25.0 Å². The van der Waals surface area contributed by atoms with Gasteiger partial charge in [-0.2, -0.15) is 0 Å². The van der Waals surface area contributed by atoms with Gasteiger partial charge in [0.25, 0.3) is 9.70 Å². The van der Waals surface area contributed by atoms with Crippen molar-refractivity contribution in [2.24, 2.45) is 0 Å². The Labute approximate surface area is 227 Å². The summed E-state index contributed by atoms with van der Waals surface area (Å²) in [5.74, 6) is -0.717. The van der Waals surface area contributed by atoms with Gasteiger partial charge in [0.05, 0.1) is 18.8 Å². The van der Waals surface area contributed by atoms with Crippen LogP contribution in [0.4, 0.5) is 5.69 Å². The maximum Gasteiger partial charge on any atom is 0.276 e. The van der Waals surface area contributed by atoms with Gasteiger partial charge in [0.1, 0.15) is 0 Å². The second-order valence-electron chi connectivity index (χ2n) is 9.49. The van der Waals surface area contributed by atoms with E-state index in [-0.39, 0.29) is 18.8 Å². The monoisotopic (exact) mass is 554 g/mol. The number of hydrogen-bond acceptors (Lipinski definition) is 5. The Morgan fingerprint density at radius 2 is 1.53 bits per heavy atom. The van der Waals surface area contributed by atoms with Crippen molar-refractivity contribution in [3.8, 4) is 0 Å². The van der Waals surface area contributed by atoms with Crippen LogP contribution >= 0.6 is 34.8 Å². The molecular weight excluding hydrogens is 523 g/mol. The van der Waals surface area contributed by atoms with Gasteiger partial charge in [-0.05, 0) is 49.2 Å². The summed E-state index contributed by atoms with van der Waals surface area (Å²) in [5, 5.41) is 12.0. The fourth-order valence-corrected chi connectivity index (χ4v) is 4.88. The Morgan fingerprint density at radius 1 is 0.917 bits per heavy atom. The van der Waals surface area contributed by atoms with Gasteiger partial charge >= 0.3 is 0 Å². The van der Waals surface area contributed by atoms with Crippen molar-refractivity contribution < 1.29 is 19.4 Å². The molecule has 1 amide bonds. The normalized spacial score (nSPS) is 24.1. The van der Waals surface area contributed by atoms with Crippen LogP contribution in [0.1, 0.15) is 67.6 Å². The molecule has 196 valence electrons. The van der Waals surface area contributed by atoms with Gasteiger partial charge in [-0.15, -0.1) is 0 Å². The number of halogens is 3. The van der Waals surface area contributed by atoms with Crippen LogP contribution in [0.25, 0.3) is 0 Å². The molecule has 36 heavy (non-hydrogen) atoms. The second-order valence-corrected chi connectivity index (χ2v) is 11.8. The highest BCUT2D eigenvalue weighted by atomic mass is 35.6. The molecule has 2 saturated heterocycles. The van der Waals surface area contributed by atoms with Gasteiger partial charge in [0, 0.05) is 24.2 Å². The number of alkyl halides is 3. The number of nitrogens with zero attached hydrogens (tertiary/aromatic N) is 1. The van der Waals surface area contributed by atoms with Crippen LogP contribution in [0.2, 0.25) is 0 Å². The molecule has 0 aliphatic carbocycles. The number of nitrogens with one attached hydrogen (secondary N) is 1. The summed E-state index contributed by atoms with van der Waals surface area (Å²) in [6, 6.07) is 15.1. The maximum atomic E-state index is 12.0. The number of carbonyl (C=O) groups excluding carboxylic acids is 1. The van der Waals surface area contributed by atoms with Crippen molar-refractivity contribution in [1.29, 1.82) is 0 Å². The number of likely N-dealkylation sites (tertiary alicyclic amines) is 1. The second kappa shape index (κ2) is 12.9. The van der Waals surface area contributed by atoms with Crippen LogP contribution in [0.15, 0.2) is 48.5 Å². The number of aliphatic hydroxyl groups is 1. The molecule has 3 unspecified atom stereocenters. The largest absolute Gasteiger partial charge is 0.392 e. The average Bonchev–Trinajstić information content (AvgIpc) is 2.85. The summed E-state index contributed by atoms with van der Waals surface area (Å²) in [5.41, 5.74) is 3.28. The molecule has 2 aromatic rings. The van der Waals surface area contributed by atoms with Gasteiger partial charge in [0.15, 0.2) is 6.29 Å². The van der Waals surface area contributed by atoms with E-state index in [0.717, 1.165) is 42.7 Å². The van der Waals surface area contributed by atoms with E-state index in [1.54, 1.807) is 12.1 Å². The van der Waals surface area contributed by atoms with E-state index in [1.807, 2.05) is 36.4 Å². The molecule has 2 fully saturated rings. The summed E-state index contributed by atoms with van der Waals surface area (Å²) >= 11 is 17.0. The van der Waals surface area contributed by atoms with E-state index < -0.39 is 16.0 Å². The summed E-state index contributed by atoms with van der Waals surface area (Å²) < 4.78 is 10.8. The molecule has 0 saturated carbocycles. The third-order valence-electron chi connectivity index (χ3n) is 6.72. The summed E-state index contributed by atoms with van der Waals surface area (Å²) in [4.78, 5) is 14.5. The summed E-state index contributed by atoms with van der Waals surface area (Å²) in [6.45, 7) is 3.07. The number of benzene rings is 2. The number of amides is 1. The predicted molar refractivity (Wildman–Crippen MR) is 143 cm³/mol. The van der Waals surface area contributed by atoms with E-state index in [0.29, 0.717) is 5.69 Å². The molecule has 2 aliphatic rings. The van der Waals surface area contributed by atoms with Crippen molar-refractivity contribution in [3.63, 3.8) is 0 Å². The Kier molecular flexibility index (Phi) is 9.92. The molecule has 2 heterocycles. The molecule has 4 rings (SSSR count). The number of anilines is 1. The Bertz CT molecular complexity index is 974. The highest BCUT2D eigenvalue weighted by molar-refractivity contribution is 6.76. The first-order valence-electron chi connectivity index (χ1n) is 12.5. The average molecular weight is 556 g/mol. The van der Waals surface area contributed by atoms with Crippen LogP contribution in [-0.2, 0) is 20.9 Å². The minimum absolute atomic E-state index is 0.00874. The van der Waals surface area contributed by atoms with Crippen molar-refractivity contribution in [2.45, 2.75) is 67.4 Å². The first kappa shape index (κ1) is 27.6. The third kappa shape index (κ3) is 7.81. The van der Waals surface area contributed by atoms with E-state index in [1.165, 1.54) is 32.1 Å². The Balaban J connectivity index is 1.50. The van der Waals surface area contributed by atoms with E-state index >= 15 is 0 Å². The molecule has 0 radical (unpaired) electrons. The molecule has 0 spiro atoms. The van der Waals surface area contributed by atoms with Crippen LogP contribution in [0.3, 0.4) is 0 Å². The first-order chi connectivity index (χ1) is 17.3. The number of hydrogen-bond donors (Lipinski definition) is 2. The fourth-order valence-electron chi connectivity index (χ4n) is 4.74. The molecule has 2 N–H and O–H groups in total. The van der Waals surface area contributed by atoms with Gasteiger partial charge in [-0.3, -0.25) is 4.79 Å². The summed E-state index contributed by atoms with van der Waals surface area (Å²) in [6.07, 6.45) is 6.41. The minimum atomic E-state index is -2.04. The predicted octanol–water partition coefficient (Wildman–Crippen LogP) is 6.30. The number of carbonyl (C=O) groups is 1. The standard InChI is InChI=1S/C27H33Cl3N2O4/c28-27(29,30)26(34)31-22-12-10-21(11-13-22)25-35-23(17-32-14-4-2-1-3-5-15-32)16-24(36-25)20-8-6-19(18-33)7-9-20/h6-13,23-25,33H,1-5,14-18H2,(H,31,34). The zero-order chi connectivity index (χ0) is 25.5. The number of rotatable bonds is 6. The molecule has 3 atom stereocenters. The van der Waals surface area contributed by atoms with Gasteiger partial charge in [0.2, 0.25) is 0 Å². The maximum absolute atomic E-state index is 12.0. The molecule has 6 nitrogen and oxygen atoms in total. The Hall–Kier alpha value is -1.38. The van der Waals surface area contributed by atoms with Crippen molar-refractivity contribution in [1.82, 2.24) is 4.90 Å². The van der Waals surface area contributed by atoms with Crippen molar-refractivity contribution >= 4 is 46.4 Å². The van der Waals surface area contributed by atoms with Gasteiger partial charge in [-0.1, -0.05) is 90.5 Å². The third-order valence-corrected chi connectivity index (χ3v) is 7.24. The molecule has 0 bridgehead atoms. The minimum Gasteiger partial charge on any atom is -0.392 e. The molecule has 0 aromatic heterocycles. The van der Waals surface area contributed by atoms with Crippen LogP contribution in [0, 0.1) is 0 Å². The summed E-state index contributed by atoms with van der Waals surface area (Å²) in [7, 11) is 0. The fraction of sp³-hybridized carbons (Fsp3) is 0.519. The first-order valence-corrected chi connectivity index (χ1v) is 13.7. The highest BCUT2D eigenvalue weighted by Gasteiger charge is 2.34. The van der Waals surface area contributed by atoms with Gasteiger partial charge < -0.3 is 24.8 Å². The zero-order valence-electron chi connectivity index (χ0n) is 20.2. The van der Waals surface area contributed by atoms with Crippen LogP contribution in [0.5, 0.6) is 0 Å². The number of ether oxygens (including phenoxy) is 2. The smallest absolute Gasteiger partial charge is 0.276 e. The van der Waals surface area contributed by atoms with Gasteiger partial charge in [-0.25, -0.2) is 0 Å². The SMILES string of the molecule is O=C(Nc1ccc(C2OC(CN3CCCCCCC3)CC(c3ccc(CO)cc3)O2)cc1)C(Cl)(Cl)Cl. The van der Waals surface area contributed by atoms with Crippen molar-refractivity contribution in [3.05, 3.63) is 65.2 Å². The van der Waals surface area contributed by atoms with E-state index in [9.17, 15) is 9.90 Å². The molecule has 2 aliphatic heterocycles. The molecule has 2 aromatic carbocycles. The van der Waals surface area contributed by atoms with E-state index in [4.69, 9.17) is 44.3 Å². The lowest BCUT2D eigenvalue weighted by Gasteiger charge is -2.38. The molecular formula is C27H33Cl3N2O4. The zero-order valence-corrected chi connectivity index (χ0v) is 22.4. The lowest BCUT2D eigenvalue weighted by atomic mass is 9.99. The highest BCUT2D eigenvalue weighted by Crippen LogP contribution is 2.38. The Morgan fingerprint density at radius 3 is 2.14 bits per heavy atom. The lowest BCUT2D eigenvalue weighted by molar-refractivity contribution is -0.253. The number of aliphatic hydroxyl groups excluding tert-OH is 1. The van der Waals surface area contributed by atoms with Crippen LogP contribution in [-0.4, -0.2) is 45.4 Å².